The van der Waals surface area contributed by atoms with Crippen molar-refractivity contribution in [3.05, 3.63) is 89.6 Å². The number of rotatable bonds is 9. The van der Waals surface area contributed by atoms with E-state index in [0.29, 0.717) is 35.8 Å². The topological polar surface area (TPSA) is 57.7 Å². The second-order valence-corrected chi connectivity index (χ2v) is 9.59. The lowest BCUT2D eigenvalue weighted by molar-refractivity contribution is -0.158. The molecule has 8 heteroatoms. The molecule has 0 saturated heterocycles. The van der Waals surface area contributed by atoms with Gasteiger partial charge in [0.15, 0.2) is 5.60 Å². The Labute approximate surface area is 225 Å². The van der Waals surface area contributed by atoms with Crippen LogP contribution < -0.4 is 9.47 Å². The first-order valence-corrected chi connectivity index (χ1v) is 12.6. The summed E-state index contributed by atoms with van der Waals surface area (Å²) in [6.45, 7) is 7.55. The van der Waals surface area contributed by atoms with E-state index in [4.69, 9.17) is 14.2 Å². The summed E-state index contributed by atoms with van der Waals surface area (Å²) in [4.78, 5) is 16.9. The Balaban J connectivity index is 1.48. The Morgan fingerprint density at radius 1 is 0.949 bits per heavy atom. The standard InChI is InChI=1S/C31H30F3NO4/c1-5-37-29(36)30(3,4)39-25-18-23-8-6-7-9-26(23)28(19-25)38-17-16-21-12-15-27(35-20(21)2)22-10-13-24(14-11-22)31(32,33)34/h6-15,18-19H,5,16-17H2,1-4H3. The molecule has 4 aromatic rings. The zero-order valence-corrected chi connectivity index (χ0v) is 22.3. The number of aryl methyl sites for hydroxylation is 1. The molecule has 1 heterocycles. The van der Waals surface area contributed by atoms with Gasteiger partial charge in [-0.25, -0.2) is 4.79 Å². The van der Waals surface area contributed by atoms with Crippen molar-refractivity contribution in [3.8, 4) is 22.8 Å². The van der Waals surface area contributed by atoms with E-state index in [2.05, 4.69) is 4.98 Å². The number of aromatic nitrogens is 1. The molecule has 0 fully saturated rings. The van der Waals surface area contributed by atoms with E-state index in [1.165, 1.54) is 12.1 Å². The first-order valence-electron chi connectivity index (χ1n) is 12.6. The highest BCUT2D eigenvalue weighted by atomic mass is 19.4. The smallest absolute Gasteiger partial charge is 0.416 e. The van der Waals surface area contributed by atoms with Gasteiger partial charge in [0.05, 0.1) is 24.5 Å². The summed E-state index contributed by atoms with van der Waals surface area (Å²) in [5.74, 6) is 0.651. The zero-order chi connectivity index (χ0) is 28.2. The Kier molecular flexibility index (Phi) is 8.14. The molecule has 0 aliphatic carbocycles. The number of alkyl halides is 3. The van der Waals surface area contributed by atoms with Crippen molar-refractivity contribution >= 4 is 16.7 Å². The third-order valence-electron chi connectivity index (χ3n) is 6.27. The number of hydrogen-bond acceptors (Lipinski definition) is 5. The lowest BCUT2D eigenvalue weighted by atomic mass is 10.1. The van der Waals surface area contributed by atoms with E-state index in [1.807, 2.05) is 43.3 Å². The second kappa shape index (κ2) is 11.4. The summed E-state index contributed by atoms with van der Waals surface area (Å²) in [6, 6.07) is 20.1. The summed E-state index contributed by atoms with van der Waals surface area (Å²) in [7, 11) is 0. The van der Waals surface area contributed by atoms with E-state index in [9.17, 15) is 18.0 Å². The minimum absolute atomic E-state index is 0.261. The van der Waals surface area contributed by atoms with Gasteiger partial charge in [-0.3, -0.25) is 4.98 Å². The lowest BCUT2D eigenvalue weighted by Gasteiger charge is -2.24. The number of nitrogens with zero attached hydrogens (tertiary/aromatic N) is 1. The Morgan fingerprint density at radius 3 is 2.33 bits per heavy atom. The van der Waals surface area contributed by atoms with Crippen LogP contribution in [-0.2, 0) is 22.1 Å². The molecule has 0 radical (unpaired) electrons. The fourth-order valence-corrected chi connectivity index (χ4v) is 4.18. The monoisotopic (exact) mass is 537 g/mol. The van der Waals surface area contributed by atoms with Crippen molar-refractivity contribution in [3.63, 3.8) is 0 Å². The van der Waals surface area contributed by atoms with Crippen LogP contribution in [0.5, 0.6) is 11.5 Å². The summed E-state index contributed by atoms with van der Waals surface area (Å²) in [5, 5.41) is 1.81. The van der Waals surface area contributed by atoms with Crippen LogP contribution in [0.4, 0.5) is 13.2 Å². The first kappa shape index (κ1) is 28.0. The Hall–Kier alpha value is -4.07. The maximum atomic E-state index is 12.9. The highest BCUT2D eigenvalue weighted by Gasteiger charge is 2.32. The van der Waals surface area contributed by atoms with Gasteiger partial charge in [-0.05, 0) is 62.9 Å². The van der Waals surface area contributed by atoms with Crippen LogP contribution in [0.3, 0.4) is 0 Å². The van der Waals surface area contributed by atoms with Crippen LogP contribution in [0.1, 0.15) is 37.6 Å². The Bertz CT molecular complexity index is 1460. The third-order valence-corrected chi connectivity index (χ3v) is 6.27. The van der Waals surface area contributed by atoms with Gasteiger partial charge in [-0.1, -0.05) is 42.5 Å². The van der Waals surface area contributed by atoms with Gasteiger partial charge in [0.2, 0.25) is 0 Å². The molecule has 0 aliphatic rings. The number of esters is 1. The molecule has 0 N–H and O–H groups in total. The van der Waals surface area contributed by atoms with E-state index in [0.717, 1.165) is 34.2 Å². The number of hydrogen-bond donors (Lipinski definition) is 0. The van der Waals surface area contributed by atoms with Gasteiger partial charge in [-0.2, -0.15) is 13.2 Å². The van der Waals surface area contributed by atoms with Gasteiger partial charge >= 0.3 is 12.1 Å². The molecule has 0 unspecified atom stereocenters. The van der Waals surface area contributed by atoms with Gasteiger partial charge in [-0.15, -0.1) is 0 Å². The van der Waals surface area contributed by atoms with Gasteiger partial charge in [0.1, 0.15) is 11.5 Å². The molecule has 0 atom stereocenters. The average molecular weight is 538 g/mol. The van der Waals surface area contributed by atoms with E-state index in [-0.39, 0.29) is 6.61 Å². The highest BCUT2D eigenvalue weighted by molar-refractivity contribution is 5.90. The van der Waals surface area contributed by atoms with Crippen LogP contribution in [0.15, 0.2) is 72.8 Å². The number of pyridine rings is 1. The van der Waals surface area contributed by atoms with Gasteiger partial charge in [0, 0.05) is 29.1 Å². The highest BCUT2D eigenvalue weighted by Crippen LogP contribution is 2.34. The average Bonchev–Trinajstić information content (AvgIpc) is 2.89. The molecule has 0 saturated carbocycles. The third kappa shape index (κ3) is 6.69. The molecular weight excluding hydrogens is 507 g/mol. The predicted molar refractivity (Wildman–Crippen MR) is 144 cm³/mol. The minimum atomic E-state index is -4.38. The quantitative estimate of drug-likeness (QED) is 0.206. The molecule has 1 aromatic heterocycles. The van der Waals surface area contributed by atoms with E-state index >= 15 is 0 Å². The molecule has 4 rings (SSSR count). The van der Waals surface area contributed by atoms with Gasteiger partial charge < -0.3 is 14.2 Å². The maximum absolute atomic E-state index is 12.9. The molecule has 39 heavy (non-hydrogen) atoms. The zero-order valence-electron chi connectivity index (χ0n) is 22.3. The fraction of sp³-hybridized carbons (Fsp3) is 0.290. The van der Waals surface area contributed by atoms with Crippen LogP contribution in [-0.4, -0.2) is 29.8 Å². The molecule has 204 valence electrons. The van der Waals surface area contributed by atoms with E-state index < -0.39 is 23.3 Å². The van der Waals surface area contributed by atoms with Gasteiger partial charge in [0.25, 0.3) is 0 Å². The summed E-state index contributed by atoms with van der Waals surface area (Å²) in [6.07, 6.45) is -3.81. The number of fused-ring (bicyclic) bond motifs is 1. The number of carbonyl (C=O) groups excluding carboxylic acids is 1. The van der Waals surface area contributed by atoms with Crippen LogP contribution in [0, 0.1) is 6.92 Å². The van der Waals surface area contributed by atoms with Crippen LogP contribution in [0.25, 0.3) is 22.0 Å². The number of benzene rings is 3. The van der Waals surface area contributed by atoms with Crippen molar-refractivity contribution in [2.75, 3.05) is 13.2 Å². The number of carbonyl (C=O) groups is 1. The molecule has 0 amide bonds. The second-order valence-electron chi connectivity index (χ2n) is 9.59. The van der Waals surface area contributed by atoms with Crippen molar-refractivity contribution in [2.45, 2.75) is 45.9 Å². The normalized spacial score (nSPS) is 11.9. The molecule has 5 nitrogen and oxygen atoms in total. The lowest BCUT2D eigenvalue weighted by Crippen LogP contribution is -2.39. The molecule has 3 aromatic carbocycles. The molecule has 0 spiro atoms. The molecule has 0 bridgehead atoms. The first-order chi connectivity index (χ1) is 18.5. The summed E-state index contributed by atoms with van der Waals surface area (Å²) >= 11 is 0. The maximum Gasteiger partial charge on any atom is 0.416 e. The van der Waals surface area contributed by atoms with Crippen LogP contribution >= 0.6 is 0 Å². The summed E-state index contributed by atoms with van der Waals surface area (Å²) < 4.78 is 55.9. The molecule has 0 aliphatic heterocycles. The van der Waals surface area contributed by atoms with Crippen molar-refractivity contribution in [2.24, 2.45) is 0 Å². The van der Waals surface area contributed by atoms with Crippen molar-refractivity contribution < 1.29 is 32.2 Å². The fourth-order valence-electron chi connectivity index (χ4n) is 4.18. The number of ether oxygens (including phenoxy) is 3. The Morgan fingerprint density at radius 2 is 1.67 bits per heavy atom. The molecular formula is C31H30F3NO4. The predicted octanol–water partition coefficient (Wildman–Crippen LogP) is 7.57. The SMILES string of the molecule is CCOC(=O)C(C)(C)Oc1cc(OCCc2ccc(-c3ccc(C(F)(F)F)cc3)nc2C)c2ccccc2c1. The van der Waals surface area contributed by atoms with Crippen molar-refractivity contribution in [1.29, 1.82) is 0 Å². The number of halogens is 3. The van der Waals surface area contributed by atoms with Crippen molar-refractivity contribution in [1.82, 2.24) is 4.98 Å². The summed E-state index contributed by atoms with van der Waals surface area (Å²) in [5.41, 5.74) is 1.09. The largest absolute Gasteiger partial charge is 0.492 e. The van der Waals surface area contributed by atoms with Crippen LogP contribution in [0.2, 0.25) is 0 Å². The van der Waals surface area contributed by atoms with E-state index in [1.54, 1.807) is 32.9 Å². The minimum Gasteiger partial charge on any atom is -0.492 e.